The first-order valence-electron chi connectivity index (χ1n) is 6.66. The normalized spacial score (nSPS) is 30.5. The van der Waals surface area contributed by atoms with Crippen LogP contribution in [0.4, 0.5) is 0 Å². The summed E-state index contributed by atoms with van der Waals surface area (Å²) in [6, 6.07) is 4.56. The lowest BCUT2D eigenvalue weighted by Crippen LogP contribution is -2.49. The molecule has 0 bridgehead atoms. The maximum atomic E-state index is 11.6. The van der Waals surface area contributed by atoms with Gasteiger partial charge in [-0.1, -0.05) is 6.07 Å². The van der Waals surface area contributed by atoms with Crippen molar-refractivity contribution in [3.05, 3.63) is 22.4 Å². The van der Waals surface area contributed by atoms with Crippen molar-refractivity contribution in [3.63, 3.8) is 0 Å². The largest absolute Gasteiger partial charge is 0.480 e. The molecule has 1 N–H and O–H groups in total. The third-order valence-corrected chi connectivity index (χ3v) is 5.34. The van der Waals surface area contributed by atoms with Crippen molar-refractivity contribution in [1.29, 1.82) is 0 Å². The molecule has 1 saturated carbocycles. The van der Waals surface area contributed by atoms with Crippen LogP contribution in [0.1, 0.15) is 43.5 Å². The van der Waals surface area contributed by atoms with Crippen molar-refractivity contribution in [3.8, 4) is 0 Å². The fourth-order valence-electron chi connectivity index (χ4n) is 3.17. The van der Waals surface area contributed by atoms with Crippen LogP contribution in [-0.2, 0) is 4.79 Å². The van der Waals surface area contributed by atoms with E-state index in [1.807, 2.05) is 6.92 Å². The van der Waals surface area contributed by atoms with E-state index in [1.165, 1.54) is 17.7 Å². The minimum atomic E-state index is -0.669. The van der Waals surface area contributed by atoms with Gasteiger partial charge in [-0.15, -0.1) is 11.3 Å². The van der Waals surface area contributed by atoms with E-state index < -0.39 is 11.5 Å². The number of thiophene rings is 1. The maximum Gasteiger partial charge on any atom is 0.323 e. The molecule has 18 heavy (non-hydrogen) atoms. The standard InChI is InChI=1S/C14H19NO2S/c1-14(13(16)17)7-3-8-15(14)12(10-5-6-10)11-4-2-9-18-11/h2,4,9-10,12H,3,5-8H2,1H3,(H,16,17). The second-order valence-electron chi connectivity index (χ2n) is 5.67. The Morgan fingerprint density at radius 1 is 1.61 bits per heavy atom. The third kappa shape index (κ3) is 1.88. The number of hydrogen-bond acceptors (Lipinski definition) is 3. The van der Waals surface area contributed by atoms with Crippen LogP contribution in [0, 0.1) is 5.92 Å². The number of hydrogen-bond donors (Lipinski definition) is 1. The van der Waals surface area contributed by atoms with E-state index in [0.29, 0.717) is 12.0 Å². The van der Waals surface area contributed by atoms with Crippen molar-refractivity contribution in [2.24, 2.45) is 5.92 Å². The van der Waals surface area contributed by atoms with Crippen LogP contribution < -0.4 is 0 Å². The van der Waals surface area contributed by atoms with Gasteiger partial charge >= 0.3 is 5.97 Å². The molecular formula is C14H19NO2S. The van der Waals surface area contributed by atoms with Crippen molar-refractivity contribution >= 4 is 17.3 Å². The van der Waals surface area contributed by atoms with E-state index in [2.05, 4.69) is 22.4 Å². The topological polar surface area (TPSA) is 40.5 Å². The van der Waals surface area contributed by atoms with Crippen LogP contribution in [0.15, 0.2) is 17.5 Å². The summed E-state index contributed by atoms with van der Waals surface area (Å²) >= 11 is 1.76. The highest BCUT2D eigenvalue weighted by Gasteiger charge is 2.50. The second-order valence-corrected chi connectivity index (χ2v) is 6.65. The Kier molecular flexibility index (Phi) is 2.94. The molecule has 2 heterocycles. The van der Waals surface area contributed by atoms with Gasteiger partial charge < -0.3 is 5.11 Å². The van der Waals surface area contributed by atoms with Gasteiger partial charge in [-0.05, 0) is 56.5 Å². The number of nitrogens with zero attached hydrogens (tertiary/aromatic N) is 1. The molecule has 1 aliphatic carbocycles. The molecule has 2 unspecified atom stereocenters. The zero-order valence-electron chi connectivity index (χ0n) is 10.6. The SMILES string of the molecule is CC1(C(=O)O)CCCN1C(c1cccs1)C1CC1. The van der Waals surface area contributed by atoms with Gasteiger partial charge in [0.2, 0.25) is 0 Å². The predicted octanol–water partition coefficient (Wildman–Crippen LogP) is 3.14. The van der Waals surface area contributed by atoms with E-state index in [-0.39, 0.29) is 0 Å². The minimum Gasteiger partial charge on any atom is -0.480 e. The Balaban J connectivity index is 1.93. The molecule has 0 amide bonds. The zero-order valence-corrected chi connectivity index (χ0v) is 11.4. The summed E-state index contributed by atoms with van der Waals surface area (Å²) in [5, 5.41) is 11.6. The minimum absolute atomic E-state index is 0.327. The first-order chi connectivity index (χ1) is 8.63. The molecule has 1 aromatic heterocycles. The van der Waals surface area contributed by atoms with Crippen LogP contribution in [0.2, 0.25) is 0 Å². The van der Waals surface area contributed by atoms with E-state index in [0.717, 1.165) is 19.4 Å². The lowest BCUT2D eigenvalue weighted by Gasteiger charge is -2.37. The Labute approximate surface area is 111 Å². The first-order valence-corrected chi connectivity index (χ1v) is 7.54. The number of rotatable bonds is 4. The molecule has 0 radical (unpaired) electrons. The van der Waals surface area contributed by atoms with Crippen molar-refractivity contribution < 1.29 is 9.90 Å². The third-order valence-electron chi connectivity index (χ3n) is 4.40. The van der Waals surface area contributed by atoms with Gasteiger partial charge in [-0.25, -0.2) is 0 Å². The summed E-state index contributed by atoms with van der Waals surface area (Å²) in [6.45, 7) is 2.81. The molecule has 2 fully saturated rings. The molecule has 2 atom stereocenters. The maximum absolute atomic E-state index is 11.6. The fraction of sp³-hybridized carbons (Fsp3) is 0.643. The summed E-state index contributed by atoms with van der Waals surface area (Å²) in [5.41, 5.74) is -0.669. The summed E-state index contributed by atoms with van der Waals surface area (Å²) in [4.78, 5) is 15.2. The lowest BCUT2D eigenvalue weighted by molar-refractivity contribution is -0.150. The van der Waals surface area contributed by atoms with Crippen LogP contribution in [0.5, 0.6) is 0 Å². The second kappa shape index (κ2) is 4.35. The molecular weight excluding hydrogens is 246 g/mol. The van der Waals surface area contributed by atoms with Crippen molar-refractivity contribution in [2.45, 2.75) is 44.2 Å². The van der Waals surface area contributed by atoms with Gasteiger partial charge in [0, 0.05) is 10.9 Å². The number of likely N-dealkylation sites (tertiary alicyclic amines) is 1. The molecule has 98 valence electrons. The highest BCUT2D eigenvalue weighted by atomic mass is 32.1. The predicted molar refractivity (Wildman–Crippen MR) is 71.8 cm³/mol. The Morgan fingerprint density at radius 2 is 2.39 bits per heavy atom. The number of carboxylic acids is 1. The number of carboxylic acid groups (broad SMARTS) is 1. The van der Waals surface area contributed by atoms with Crippen LogP contribution in [0.3, 0.4) is 0 Å². The van der Waals surface area contributed by atoms with Crippen molar-refractivity contribution in [1.82, 2.24) is 4.90 Å². The molecule has 1 aromatic rings. The van der Waals surface area contributed by atoms with E-state index >= 15 is 0 Å². The number of aliphatic carboxylic acids is 1. The Hall–Kier alpha value is -0.870. The molecule has 1 saturated heterocycles. The van der Waals surface area contributed by atoms with Crippen LogP contribution in [0.25, 0.3) is 0 Å². The Bertz CT molecular complexity index is 441. The average molecular weight is 265 g/mol. The first kappa shape index (κ1) is 12.2. The smallest absolute Gasteiger partial charge is 0.323 e. The molecule has 3 rings (SSSR count). The lowest BCUT2D eigenvalue weighted by atomic mass is 9.96. The van der Waals surface area contributed by atoms with E-state index in [4.69, 9.17) is 0 Å². The monoisotopic (exact) mass is 265 g/mol. The summed E-state index contributed by atoms with van der Waals surface area (Å²) < 4.78 is 0. The number of carbonyl (C=O) groups is 1. The Morgan fingerprint density at radius 3 is 2.94 bits per heavy atom. The van der Waals surface area contributed by atoms with Crippen LogP contribution >= 0.6 is 11.3 Å². The fourth-order valence-corrected chi connectivity index (χ4v) is 4.10. The molecule has 0 spiro atoms. The van der Waals surface area contributed by atoms with E-state index in [1.54, 1.807) is 11.3 Å². The molecule has 4 heteroatoms. The van der Waals surface area contributed by atoms with Crippen molar-refractivity contribution in [2.75, 3.05) is 6.54 Å². The molecule has 3 nitrogen and oxygen atoms in total. The highest BCUT2D eigenvalue weighted by Crippen LogP contribution is 2.50. The molecule has 1 aliphatic heterocycles. The zero-order chi connectivity index (χ0) is 12.8. The van der Waals surface area contributed by atoms with Gasteiger partial charge in [0.25, 0.3) is 0 Å². The van der Waals surface area contributed by atoms with Gasteiger partial charge in [-0.2, -0.15) is 0 Å². The quantitative estimate of drug-likeness (QED) is 0.909. The van der Waals surface area contributed by atoms with Crippen LogP contribution in [-0.4, -0.2) is 28.1 Å². The molecule has 0 aromatic carbocycles. The van der Waals surface area contributed by atoms with Gasteiger partial charge in [0.05, 0.1) is 0 Å². The average Bonchev–Trinajstić information content (AvgIpc) is 2.86. The van der Waals surface area contributed by atoms with Gasteiger partial charge in [-0.3, -0.25) is 9.69 Å². The summed E-state index contributed by atoms with van der Waals surface area (Å²) in [7, 11) is 0. The summed E-state index contributed by atoms with van der Waals surface area (Å²) in [6.07, 6.45) is 4.26. The highest BCUT2D eigenvalue weighted by molar-refractivity contribution is 7.10. The van der Waals surface area contributed by atoms with Gasteiger partial charge in [0.1, 0.15) is 5.54 Å². The van der Waals surface area contributed by atoms with Gasteiger partial charge in [0.15, 0.2) is 0 Å². The molecule has 2 aliphatic rings. The summed E-state index contributed by atoms with van der Waals surface area (Å²) in [5.74, 6) is 0.00244. The van der Waals surface area contributed by atoms with E-state index in [9.17, 15) is 9.90 Å².